The van der Waals surface area contributed by atoms with Crippen molar-refractivity contribution in [1.29, 1.82) is 0 Å². The van der Waals surface area contributed by atoms with Crippen molar-refractivity contribution in [3.63, 3.8) is 0 Å². The number of carboxylic acids is 2. The summed E-state index contributed by atoms with van der Waals surface area (Å²) < 4.78 is 0. The van der Waals surface area contributed by atoms with Crippen molar-refractivity contribution in [2.75, 3.05) is 7.05 Å². The number of likely N-dealkylation sites (tertiary alicyclic amines) is 1. The van der Waals surface area contributed by atoms with Gasteiger partial charge in [0.15, 0.2) is 0 Å². The van der Waals surface area contributed by atoms with Gasteiger partial charge in [0.1, 0.15) is 0 Å². The smallest absolute Gasteiger partial charge is 0.332 e. The summed E-state index contributed by atoms with van der Waals surface area (Å²) >= 11 is 0. The standard InChI is InChI=1S/C10H11NO5/c1-11-5-3-2-4(9(13)14)6(8(11)12)7(5)10(15)16/h2,5-7H,3H2,1H3,(H,13,14)(H,15,16)/t5-,6-,7+/m1/s1. The Bertz CT molecular complexity index is 413. The Morgan fingerprint density at radius 3 is 2.56 bits per heavy atom. The summed E-state index contributed by atoms with van der Waals surface area (Å²) in [6.07, 6.45) is 1.75. The zero-order valence-corrected chi connectivity index (χ0v) is 8.58. The van der Waals surface area contributed by atoms with E-state index in [2.05, 4.69) is 0 Å². The molecule has 0 aromatic rings. The molecule has 3 atom stereocenters. The van der Waals surface area contributed by atoms with Gasteiger partial charge in [0.05, 0.1) is 11.8 Å². The zero-order valence-electron chi connectivity index (χ0n) is 8.58. The van der Waals surface area contributed by atoms with E-state index in [-0.39, 0.29) is 12.0 Å². The minimum atomic E-state index is -1.21. The molecule has 0 radical (unpaired) electrons. The normalized spacial score (nSPS) is 32.6. The van der Waals surface area contributed by atoms with Gasteiger partial charge in [-0.25, -0.2) is 4.79 Å². The second-order valence-corrected chi connectivity index (χ2v) is 4.06. The van der Waals surface area contributed by atoms with Gasteiger partial charge in [-0.05, 0) is 6.42 Å². The predicted octanol–water partition coefficient (Wildman–Crippen LogP) is -0.441. The van der Waals surface area contributed by atoms with Crippen LogP contribution in [-0.2, 0) is 14.4 Å². The Balaban J connectivity index is 2.47. The average molecular weight is 225 g/mol. The third-order valence-electron chi connectivity index (χ3n) is 3.33. The van der Waals surface area contributed by atoms with Crippen molar-refractivity contribution >= 4 is 17.8 Å². The molecule has 1 heterocycles. The van der Waals surface area contributed by atoms with E-state index in [1.54, 1.807) is 0 Å². The molecule has 6 heteroatoms. The third-order valence-corrected chi connectivity index (χ3v) is 3.33. The molecular weight excluding hydrogens is 214 g/mol. The highest BCUT2D eigenvalue weighted by molar-refractivity contribution is 6.01. The lowest BCUT2D eigenvalue weighted by atomic mass is 9.79. The van der Waals surface area contributed by atoms with E-state index >= 15 is 0 Å². The lowest BCUT2D eigenvalue weighted by Gasteiger charge is -2.24. The predicted molar refractivity (Wildman–Crippen MR) is 51.5 cm³/mol. The molecule has 0 aromatic carbocycles. The van der Waals surface area contributed by atoms with Crippen molar-refractivity contribution in [2.24, 2.45) is 11.8 Å². The quantitative estimate of drug-likeness (QED) is 0.664. The number of aliphatic carboxylic acids is 2. The first-order chi connectivity index (χ1) is 7.45. The maximum Gasteiger partial charge on any atom is 0.332 e. The molecule has 1 fully saturated rings. The van der Waals surface area contributed by atoms with E-state index in [0.717, 1.165) is 0 Å². The number of carbonyl (C=O) groups excluding carboxylic acids is 1. The number of carbonyl (C=O) groups is 3. The number of fused-ring (bicyclic) bond motifs is 2. The average Bonchev–Trinajstić information content (AvgIpc) is 2.39. The highest BCUT2D eigenvalue weighted by atomic mass is 16.4. The van der Waals surface area contributed by atoms with E-state index in [9.17, 15) is 14.4 Å². The van der Waals surface area contributed by atoms with Crippen LogP contribution in [-0.4, -0.2) is 46.0 Å². The second kappa shape index (κ2) is 3.33. The number of nitrogens with zero attached hydrogens (tertiary/aromatic N) is 1. The summed E-state index contributed by atoms with van der Waals surface area (Å²) in [5.41, 5.74) is -0.0852. The molecule has 2 N–H and O–H groups in total. The zero-order chi connectivity index (χ0) is 12.0. The van der Waals surface area contributed by atoms with E-state index < -0.39 is 35.7 Å². The van der Waals surface area contributed by atoms with Crippen molar-refractivity contribution in [2.45, 2.75) is 12.5 Å². The van der Waals surface area contributed by atoms with Crippen LogP contribution in [0.1, 0.15) is 6.42 Å². The largest absolute Gasteiger partial charge is 0.481 e. The molecule has 16 heavy (non-hydrogen) atoms. The Morgan fingerprint density at radius 1 is 1.44 bits per heavy atom. The Hall–Kier alpha value is -1.85. The van der Waals surface area contributed by atoms with Gasteiger partial charge in [-0.3, -0.25) is 9.59 Å². The van der Waals surface area contributed by atoms with E-state index in [0.29, 0.717) is 0 Å². The Kier molecular flexibility index (Phi) is 2.22. The van der Waals surface area contributed by atoms with Crippen LogP contribution >= 0.6 is 0 Å². The van der Waals surface area contributed by atoms with Gasteiger partial charge in [0, 0.05) is 18.7 Å². The molecule has 0 saturated carbocycles. The Labute approximate surface area is 91.2 Å². The molecule has 1 aliphatic heterocycles. The van der Waals surface area contributed by atoms with Crippen LogP contribution in [0, 0.1) is 11.8 Å². The third kappa shape index (κ3) is 1.22. The molecule has 86 valence electrons. The minimum absolute atomic E-state index is 0.0852. The van der Waals surface area contributed by atoms with Crippen LogP contribution in [0.2, 0.25) is 0 Å². The number of amides is 1. The van der Waals surface area contributed by atoms with Crippen molar-refractivity contribution in [3.05, 3.63) is 11.6 Å². The van der Waals surface area contributed by atoms with Crippen LogP contribution in [0.15, 0.2) is 11.6 Å². The van der Waals surface area contributed by atoms with Crippen molar-refractivity contribution in [3.8, 4) is 0 Å². The molecule has 6 nitrogen and oxygen atoms in total. The van der Waals surface area contributed by atoms with Gasteiger partial charge in [-0.2, -0.15) is 0 Å². The first kappa shape index (κ1) is 10.7. The van der Waals surface area contributed by atoms with Crippen LogP contribution < -0.4 is 0 Å². The van der Waals surface area contributed by atoms with Gasteiger partial charge in [0.2, 0.25) is 5.91 Å². The number of rotatable bonds is 2. The van der Waals surface area contributed by atoms with Crippen molar-refractivity contribution < 1.29 is 24.6 Å². The fourth-order valence-corrected chi connectivity index (χ4v) is 2.53. The van der Waals surface area contributed by atoms with Crippen molar-refractivity contribution in [1.82, 2.24) is 4.90 Å². The molecule has 0 spiro atoms. The Morgan fingerprint density at radius 2 is 2.06 bits per heavy atom. The highest BCUT2D eigenvalue weighted by Gasteiger charge is 2.54. The van der Waals surface area contributed by atoms with Gasteiger partial charge in [-0.15, -0.1) is 0 Å². The van der Waals surface area contributed by atoms with E-state index in [1.165, 1.54) is 18.0 Å². The first-order valence-electron chi connectivity index (χ1n) is 4.88. The second-order valence-electron chi connectivity index (χ2n) is 4.06. The summed E-state index contributed by atoms with van der Waals surface area (Å²) in [4.78, 5) is 35.1. The molecule has 1 amide bonds. The molecule has 2 bridgehead atoms. The van der Waals surface area contributed by atoms with E-state index in [4.69, 9.17) is 10.2 Å². The van der Waals surface area contributed by atoms with Gasteiger partial charge in [0.25, 0.3) is 0 Å². The van der Waals surface area contributed by atoms with Crippen LogP contribution in [0.3, 0.4) is 0 Å². The van der Waals surface area contributed by atoms with Gasteiger partial charge < -0.3 is 15.1 Å². The summed E-state index contributed by atoms with van der Waals surface area (Å²) in [6, 6.07) is -0.418. The first-order valence-corrected chi connectivity index (χ1v) is 4.88. The lowest BCUT2D eigenvalue weighted by molar-refractivity contribution is -0.145. The topological polar surface area (TPSA) is 94.9 Å². The SMILES string of the molecule is CN1C(=O)[C@@H]2C(C(=O)O)=CC[C@@H]1[C@@H]2C(=O)O. The molecule has 2 aliphatic rings. The maximum atomic E-state index is 11.8. The van der Waals surface area contributed by atoms with E-state index in [1.807, 2.05) is 0 Å². The molecule has 1 saturated heterocycles. The van der Waals surface area contributed by atoms with Gasteiger partial charge in [-0.1, -0.05) is 6.08 Å². The molecule has 2 rings (SSSR count). The molecule has 1 aliphatic carbocycles. The highest BCUT2D eigenvalue weighted by Crippen LogP contribution is 2.41. The van der Waals surface area contributed by atoms with Crippen LogP contribution in [0.4, 0.5) is 0 Å². The number of hydrogen-bond donors (Lipinski definition) is 2. The monoisotopic (exact) mass is 225 g/mol. The summed E-state index contributed by atoms with van der Waals surface area (Å²) in [5, 5.41) is 18.0. The minimum Gasteiger partial charge on any atom is -0.481 e. The summed E-state index contributed by atoms with van der Waals surface area (Å²) in [5.74, 6) is -4.70. The number of hydrogen-bond acceptors (Lipinski definition) is 3. The number of carboxylic acid groups (broad SMARTS) is 2. The summed E-state index contributed by atoms with van der Waals surface area (Å²) in [7, 11) is 1.52. The lowest BCUT2D eigenvalue weighted by Crippen LogP contribution is -2.36. The fraction of sp³-hybridized carbons (Fsp3) is 0.500. The van der Waals surface area contributed by atoms with Crippen LogP contribution in [0.5, 0.6) is 0 Å². The maximum absolute atomic E-state index is 11.8. The molecular formula is C10H11NO5. The van der Waals surface area contributed by atoms with Crippen LogP contribution in [0.25, 0.3) is 0 Å². The van der Waals surface area contributed by atoms with Gasteiger partial charge >= 0.3 is 11.9 Å². The molecule has 0 aromatic heterocycles. The summed E-state index contributed by atoms with van der Waals surface area (Å²) in [6.45, 7) is 0. The fourth-order valence-electron chi connectivity index (χ4n) is 2.53. The molecule has 0 unspecified atom stereocenters.